The van der Waals surface area contributed by atoms with Crippen molar-refractivity contribution in [3.8, 4) is 0 Å². The fourth-order valence-corrected chi connectivity index (χ4v) is 2.38. The summed E-state index contributed by atoms with van der Waals surface area (Å²) in [4.78, 5) is 11.7. The maximum absolute atomic E-state index is 11.7. The van der Waals surface area contributed by atoms with Gasteiger partial charge in [-0.05, 0) is 49.9 Å². The first-order valence-electron chi connectivity index (χ1n) is 7.02. The first-order valence-corrected chi connectivity index (χ1v) is 7.02. The van der Waals surface area contributed by atoms with Crippen molar-refractivity contribution < 1.29 is 4.79 Å². The van der Waals surface area contributed by atoms with Crippen molar-refractivity contribution in [3.63, 3.8) is 0 Å². The maximum atomic E-state index is 11.7. The zero-order valence-electron chi connectivity index (χ0n) is 11.5. The molecule has 1 aliphatic heterocycles. The fraction of sp³-hybridized carbons (Fsp3) is 0.533. The minimum Gasteiger partial charge on any atom is -0.338 e. The molecule has 1 atom stereocenters. The average Bonchev–Trinajstić information content (AvgIpc) is 2.45. The molecule has 1 aromatic carbocycles. The number of nitrogens with one attached hydrogen (secondary N) is 3. The van der Waals surface area contributed by atoms with Crippen LogP contribution in [0.5, 0.6) is 0 Å². The van der Waals surface area contributed by atoms with Crippen LogP contribution in [-0.4, -0.2) is 25.7 Å². The van der Waals surface area contributed by atoms with Crippen LogP contribution in [0.2, 0.25) is 0 Å². The molecular formula is C15H23N3O. The molecule has 19 heavy (non-hydrogen) atoms. The second-order valence-electron chi connectivity index (χ2n) is 5.20. The molecule has 0 aliphatic carbocycles. The second kappa shape index (κ2) is 7.14. The van der Waals surface area contributed by atoms with E-state index in [0.29, 0.717) is 12.5 Å². The molecule has 0 bridgehead atoms. The van der Waals surface area contributed by atoms with Crippen molar-refractivity contribution >= 4 is 6.03 Å². The Morgan fingerprint density at radius 1 is 1.37 bits per heavy atom. The van der Waals surface area contributed by atoms with Crippen LogP contribution in [0.25, 0.3) is 0 Å². The zero-order chi connectivity index (χ0) is 13.5. The molecule has 1 aromatic rings. The molecule has 1 unspecified atom stereocenters. The van der Waals surface area contributed by atoms with Gasteiger partial charge in [-0.3, -0.25) is 0 Å². The lowest BCUT2D eigenvalue weighted by molar-refractivity contribution is 0.236. The van der Waals surface area contributed by atoms with Gasteiger partial charge in [0, 0.05) is 13.1 Å². The lowest BCUT2D eigenvalue weighted by atomic mass is 10.00. The van der Waals surface area contributed by atoms with E-state index in [1.54, 1.807) is 0 Å². The smallest absolute Gasteiger partial charge is 0.315 e. The number of benzene rings is 1. The summed E-state index contributed by atoms with van der Waals surface area (Å²) in [7, 11) is 0. The molecule has 4 heteroatoms. The molecule has 2 rings (SSSR count). The van der Waals surface area contributed by atoms with Crippen LogP contribution in [-0.2, 0) is 6.54 Å². The van der Waals surface area contributed by atoms with E-state index in [1.165, 1.54) is 18.4 Å². The highest BCUT2D eigenvalue weighted by molar-refractivity contribution is 5.73. The van der Waals surface area contributed by atoms with Crippen molar-refractivity contribution in [3.05, 3.63) is 35.4 Å². The fourth-order valence-electron chi connectivity index (χ4n) is 2.38. The Morgan fingerprint density at radius 2 is 2.21 bits per heavy atom. The molecule has 0 aromatic heterocycles. The first kappa shape index (κ1) is 13.9. The lowest BCUT2D eigenvalue weighted by Gasteiger charge is -2.22. The van der Waals surface area contributed by atoms with Crippen LogP contribution >= 0.6 is 0 Å². The van der Waals surface area contributed by atoms with E-state index in [2.05, 4.69) is 28.9 Å². The Hall–Kier alpha value is -1.55. The van der Waals surface area contributed by atoms with Gasteiger partial charge in [0.2, 0.25) is 0 Å². The molecule has 2 amide bonds. The van der Waals surface area contributed by atoms with Gasteiger partial charge in [-0.1, -0.05) is 24.3 Å². The Kier molecular flexibility index (Phi) is 5.21. The van der Waals surface area contributed by atoms with E-state index in [1.807, 2.05) is 18.2 Å². The number of amides is 2. The molecule has 1 saturated heterocycles. The van der Waals surface area contributed by atoms with Gasteiger partial charge in [-0.25, -0.2) is 4.79 Å². The highest BCUT2D eigenvalue weighted by Gasteiger charge is 2.13. The largest absolute Gasteiger partial charge is 0.338 e. The number of hydrogen-bond acceptors (Lipinski definition) is 2. The Morgan fingerprint density at radius 3 is 2.95 bits per heavy atom. The van der Waals surface area contributed by atoms with E-state index in [0.717, 1.165) is 25.2 Å². The van der Waals surface area contributed by atoms with Crippen molar-refractivity contribution in [2.45, 2.75) is 26.3 Å². The number of rotatable bonds is 4. The Labute approximate surface area is 115 Å². The minimum absolute atomic E-state index is 0.0752. The number of urea groups is 1. The molecule has 104 valence electrons. The monoisotopic (exact) mass is 261 g/mol. The number of piperidine rings is 1. The van der Waals surface area contributed by atoms with Crippen molar-refractivity contribution in [2.75, 3.05) is 19.6 Å². The van der Waals surface area contributed by atoms with E-state index in [9.17, 15) is 4.79 Å². The van der Waals surface area contributed by atoms with Gasteiger partial charge in [0.05, 0.1) is 0 Å². The van der Waals surface area contributed by atoms with Gasteiger partial charge < -0.3 is 16.0 Å². The zero-order valence-corrected chi connectivity index (χ0v) is 11.5. The van der Waals surface area contributed by atoms with Gasteiger partial charge in [-0.2, -0.15) is 0 Å². The van der Waals surface area contributed by atoms with E-state index >= 15 is 0 Å². The SMILES string of the molecule is Cc1ccccc1CNC(=O)NCC1CCCNC1. The number of hydrogen-bond donors (Lipinski definition) is 3. The van der Waals surface area contributed by atoms with Crippen LogP contribution in [0.1, 0.15) is 24.0 Å². The predicted molar refractivity (Wildman–Crippen MR) is 77.0 cm³/mol. The van der Waals surface area contributed by atoms with E-state index < -0.39 is 0 Å². The standard InChI is InChI=1S/C15H23N3O/c1-12-5-2-3-7-14(12)11-18-15(19)17-10-13-6-4-8-16-9-13/h2-3,5,7,13,16H,4,6,8-11H2,1H3,(H2,17,18,19). The van der Waals surface area contributed by atoms with Crippen LogP contribution in [0.3, 0.4) is 0 Å². The predicted octanol–water partition coefficient (Wildman–Crippen LogP) is 1.79. The molecule has 0 radical (unpaired) electrons. The molecule has 0 saturated carbocycles. The first-order chi connectivity index (χ1) is 9.25. The third-order valence-corrected chi connectivity index (χ3v) is 3.65. The normalized spacial score (nSPS) is 18.9. The molecule has 3 N–H and O–H groups in total. The maximum Gasteiger partial charge on any atom is 0.315 e. The van der Waals surface area contributed by atoms with Crippen molar-refractivity contribution in [1.82, 2.24) is 16.0 Å². The van der Waals surface area contributed by atoms with Gasteiger partial charge in [0.1, 0.15) is 0 Å². The third kappa shape index (κ3) is 4.56. The minimum atomic E-state index is -0.0752. The third-order valence-electron chi connectivity index (χ3n) is 3.65. The summed E-state index contributed by atoms with van der Waals surface area (Å²) < 4.78 is 0. The summed E-state index contributed by atoms with van der Waals surface area (Å²) in [5, 5.41) is 9.21. The second-order valence-corrected chi connectivity index (χ2v) is 5.20. The van der Waals surface area contributed by atoms with Gasteiger partial charge in [0.15, 0.2) is 0 Å². The molecule has 1 fully saturated rings. The Balaban J connectivity index is 1.68. The molecule has 0 spiro atoms. The number of carbonyl (C=O) groups is 1. The lowest BCUT2D eigenvalue weighted by Crippen LogP contribution is -2.42. The van der Waals surface area contributed by atoms with Gasteiger partial charge in [0.25, 0.3) is 0 Å². The van der Waals surface area contributed by atoms with Gasteiger partial charge in [-0.15, -0.1) is 0 Å². The molecule has 1 heterocycles. The quantitative estimate of drug-likeness (QED) is 0.774. The van der Waals surface area contributed by atoms with Crippen LogP contribution < -0.4 is 16.0 Å². The molecule has 4 nitrogen and oxygen atoms in total. The number of carbonyl (C=O) groups excluding carboxylic acids is 1. The summed E-state index contributed by atoms with van der Waals surface area (Å²) >= 11 is 0. The number of aryl methyl sites for hydroxylation is 1. The van der Waals surface area contributed by atoms with Gasteiger partial charge >= 0.3 is 6.03 Å². The summed E-state index contributed by atoms with van der Waals surface area (Å²) in [6, 6.07) is 8.03. The highest BCUT2D eigenvalue weighted by atomic mass is 16.2. The van der Waals surface area contributed by atoms with E-state index in [-0.39, 0.29) is 6.03 Å². The van der Waals surface area contributed by atoms with Crippen LogP contribution in [0.4, 0.5) is 4.79 Å². The van der Waals surface area contributed by atoms with Crippen molar-refractivity contribution in [1.29, 1.82) is 0 Å². The van der Waals surface area contributed by atoms with Crippen LogP contribution in [0.15, 0.2) is 24.3 Å². The topological polar surface area (TPSA) is 53.2 Å². The summed E-state index contributed by atoms with van der Waals surface area (Å²) in [6.07, 6.45) is 2.41. The Bertz CT molecular complexity index is 414. The molecular weight excluding hydrogens is 238 g/mol. The average molecular weight is 261 g/mol. The summed E-state index contributed by atoms with van der Waals surface area (Å²) in [5.74, 6) is 0.568. The van der Waals surface area contributed by atoms with Crippen LogP contribution in [0, 0.1) is 12.8 Å². The van der Waals surface area contributed by atoms with Crippen molar-refractivity contribution in [2.24, 2.45) is 5.92 Å². The summed E-state index contributed by atoms with van der Waals surface area (Å²) in [5.41, 5.74) is 2.37. The molecule has 1 aliphatic rings. The highest BCUT2D eigenvalue weighted by Crippen LogP contribution is 2.08. The summed E-state index contributed by atoms with van der Waals surface area (Å²) in [6.45, 7) is 5.52. The van der Waals surface area contributed by atoms with E-state index in [4.69, 9.17) is 0 Å².